The Labute approximate surface area is 135 Å². The van der Waals surface area contributed by atoms with Gasteiger partial charge in [-0.3, -0.25) is 0 Å². The molecule has 0 radical (unpaired) electrons. The van der Waals surface area contributed by atoms with Crippen LogP contribution in [-0.4, -0.2) is 42.7 Å². The van der Waals surface area contributed by atoms with Gasteiger partial charge in [-0.2, -0.15) is 0 Å². The summed E-state index contributed by atoms with van der Waals surface area (Å²) in [6.07, 6.45) is 4.12. The molecule has 120 valence electrons. The van der Waals surface area contributed by atoms with Crippen LogP contribution in [0.25, 0.3) is 0 Å². The summed E-state index contributed by atoms with van der Waals surface area (Å²) < 4.78 is 2.14. The summed E-state index contributed by atoms with van der Waals surface area (Å²) in [7, 11) is 4.00. The topological polar surface area (TPSA) is 57.5 Å². The highest BCUT2D eigenvalue weighted by Gasteiger charge is 2.03. The van der Waals surface area contributed by atoms with E-state index in [0.29, 0.717) is 6.54 Å². The van der Waals surface area contributed by atoms with Crippen LogP contribution < -0.4 is 15.5 Å². The lowest BCUT2D eigenvalue weighted by Crippen LogP contribution is -2.38. The zero-order chi connectivity index (χ0) is 15.8. The second-order valence-electron chi connectivity index (χ2n) is 5.06. The molecular weight excluding hydrogens is 296 g/mol. The summed E-state index contributed by atoms with van der Waals surface area (Å²) in [4.78, 5) is 11.1. The van der Waals surface area contributed by atoms with Crippen LogP contribution in [0.3, 0.4) is 0 Å². The summed E-state index contributed by atoms with van der Waals surface area (Å²) in [5.41, 5.74) is 0.997. The SMILES string of the molecule is CCNC(=NCc1csc(N(C)C)n1)NCCn1cccc1. The molecule has 0 aliphatic rings. The minimum absolute atomic E-state index is 0.587. The van der Waals surface area contributed by atoms with Gasteiger partial charge in [0.05, 0.1) is 12.2 Å². The van der Waals surface area contributed by atoms with Crippen molar-refractivity contribution in [2.24, 2.45) is 4.99 Å². The number of rotatable bonds is 7. The first kappa shape index (κ1) is 16.4. The maximum atomic E-state index is 4.59. The largest absolute Gasteiger partial charge is 0.357 e. The van der Waals surface area contributed by atoms with Crippen LogP contribution in [-0.2, 0) is 13.1 Å². The van der Waals surface area contributed by atoms with E-state index in [-0.39, 0.29) is 0 Å². The molecule has 0 aliphatic carbocycles. The Hall–Kier alpha value is -2.02. The van der Waals surface area contributed by atoms with E-state index in [1.165, 1.54) is 0 Å². The predicted octanol–water partition coefficient (Wildman–Crippen LogP) is 1.77. The number of nitrogens with zero attached hydrogens (tertiary/aromatic N) is 4. The third-order valence-corrected chi connectivity index (χ3v) is 4.05. The molecule has 7 heteroatoms. The smallest absolute Gasteiger partial charge is 0.191 e. The first-order chi connectivity index (χ1) is 10.7. The van der Waals surface area contributed by atoms with E-state index in [0.717, 1.165) is 36.4 Å². The molecule has 0 spiro atoms. The molecule has 22 heavy (non-hydrogen) atoms. The zero-order valence-electron chi connectivity index (χ0n) is 13.4. The molecule has 2 aromatic rings. The van der Waals surface area contributed by atoms with Crippen LogP contribution in [0.5, 0.6) is 0 Å². The predicted molar refractivity (Wildman–Crippen MR) is 93.7 cm³/mol. The van der Waals surface area contributed by atoms with Gasteiger partial charge < -0.3 is 20.1 Å². The van der Waals surface area contributed by atoms with Crippen molar-refractivity contribution in [1.82, 2.24) is 20.2 Å². The maximum absolute atomic E-state index is 4.59. The second-order valence-corrected chi connectivity index (χ2v) is 5.90. The van der Waals surface area contributed by atoms with Crippen molar-refractivity contribution < 1.29 is 0 Å². The lowest BCUT2D eigenvalue weighted by molar-refractivity contribution is 0.665. The Morgan fingerprint density at radius 1 is 1.32 bits per heavy atom. The molecule has 0 saturated carbocycles. The molecule has 0 aliphatic heterocycles. The maximum Gasteiger partial charge on any atom is 0.191 e. The van der Waals surface area contributed by atoms with Crippen LogP contribution in [0.1, 0.15) is 12.6 Å². The average molecular weight is 320 g/mol. The minimum atomic E-state index is 0.587. The molecule has 0 amide bonds. The Balaban J connectivity index is 1.85. The van der Waals surface area contributed by atoms with E-state index in [1.54, 1.807) is 11.3 Å². The highest BCUT2D eigenvalue weighted by Crippen LogP contribution is 2.18. The van der Waals surface area contributed by atoms with E-state index in [1.807, 2.05) is 31.1 Å². The number of hydrogen-bond acceptors (Lipinski definition) is 4. The molecule has 2 aromatic heterocycles. The van der Waals surface area contributed by atoms with Crippen LogP contribution in [0, 0.1) is 0 Å². The van der Waals surface area contributed by atoms with Crippen LogP contribution >= 0.6 is 11.3 Å². The van der Waals surface area contributed by atoms with Crippen molar-refractivity contribution in [3.63, 3.8) is 0 Å². The molecule has 0 aromatic carbocycles. The van der Waals surface area contributed by atoms with Gasteiger partial charge in [-0.05, 0) is 19.1 Å². The Morgan fingerprint density at radius 3 is 2.73 bits per heavy atom. The quantitative estimate of drug-likeness (QED) is 0.603. The van der Waals surface area contributed by atoms with Crippen LogP contribution in [0.4, 0.5) is 5.13 Å². The van der Waals surface area contributed by atoms with Gasteiger partial charge in [0.15, 0.2) is 11.1 Å². The van der Waals surface area contributed by atoms with Crippen molar-refractivity contribution in [3.8, 4) is 0 Å². The van der Waals surface area contributed by atoms with E-state index in [2.05, 4.69) is 49.9 Å². The summed E-state index contributed by atoms with van der Waals surface area (Å²) >= 11 is 1.64. The first-order valence-corrected chi connectivity index (χ1v) is 8.31. The Kier molecular flexibility index (Phi) is 6.27. The van der Waals surface area contributed by atoms with Gasteiger partial charge in [0.2, 0.25) is 0 Å². The Morgan fingerprint density at radius 2 is 2.09 bits per heavy atom. The summed E-state index contributed by atoms with van der Waals surface area (Å²) in [5, 5.41) is 9.67. The number of aromatic nitrogens is 2. The van der Waals surface area contributed by atoms with Crippen LogP contribution in [0.15, 0.2) is 34.9 Å². The third kappa shape index (κ3) is 5.07. The molecule has 0 fully saturated rings. The third-order valence-electron chi connectivity index (χ3n) is 2.99. The summed E-state index contributed by atoms with van der Waals surface area (Å²) in [5.74, 6) is 0.828. The van der Waals surface area contributed by atoms with Crippen molar-refractivity contribution in [3.05, 3.63) is 35.6 Å². The van der Waals surface area contributed by atoms with Gasteiger partial charge in [-0.1, -0.05) is 0 Å². The highest BCUT2D eigenvalue weighted by atomic mass is 32.1. The molecule has 2 rings (SSSR count). The number of thiazole rings is 1. The van der Waals surface area contributed by atoms with Gasteiger partial charge in [-0.15, -0.1) is 11.3 Å². The molecule has 0 saturated heterocycles. The fourth-order valence-electron chi connectivity index (χ4n) is 1.90. The highest BCUT2D eigenvalue weighted by molar-refractivity contribution is 7.13. The van der Waals surface area contributed by atoms with Crippen molar-refractivity contribution in [1.29, 1.82) is 0 Å². The second kappa shape index (κ2) is 8.43. The van der Waals surface area contributed by atoms with Gasteiger partial charge in [0.25, 0.3) is 0 Å². The monoisotopic (exact) mass is 320 g/mol. The molecule has 0 atom stereocenters. The van der Waals surface area contributed by atoms with Crippen molar-refractivity contribution in [2.45, 2.75) is 20.0 Å². The zero-order valence-corrected chi connectivity index (χ0v) is 14.2. The number of guanidine groups is 1. The normalized spacial score (nSPS) is 11.5. The molecule has 2 N–H and O–H groups in total. The molecular formula is C15H24N6S. The summed E-state index contributed by atoms with van der Waals surface area (Å²) in [6.45, 7) is 5.24. The number of hydrogen-bond donors (Lipinski definition) is 2. The van der Waals surface area contributed by atoms with Crippen molar-refractivity contribution >= 4 is 22.4 Å². The Bertz CT molecular complexity index is 573. The first-order valence-electron chi connectivity index (χ1n) is 7.43. The van der Waals surface area contributed by atoms with Gasteiger partial charge in [0, 0.05) is 51.5 Å². The summed E-state index contributed by atoms with van der Waals surface area (Å²) in [6, 6.07) is 4.06. The fraction of sp³-hybridized carbons (Fsp3) is 0.467. The number of nitrogens with one attached hydrogen (secondary N) is 2. The molecule has 2 heterocycles. The lowest BCUT2D eigenvalue weighted by atomic mass is 10.5. The van der Waals surface area contributed by atoms with E-state index < -0.39 is 0 Å². The van der Waals surface area contributed by atoms with E-state index >= 15 is 0 Å². The van der Waals surface area contributed by atoms with Gasteiger partial charge in [0.1, 0.15) is 0 Å². The minimum Gasteiger partial charge on any atom is -0.357 e. The average Bonchev–Trinajstić information content (AvgIpc) is 3.16. The van der Waals surface area contributed by atoms with Crippen LogP contribution in [0.2, 0.25) is 0 Å². The molecule has 0 bridgehead atoms. The van der Waals surface area contributed by atoms with Crippen molar-refractivity contribution in [2.75, 3.05) is 32.1 Å². The van der Waals surface area contributed by atoms with E-state index in [4.69, 9.17) is 0 Å². The standard InChI is InChI=1S/C15H24N6S/c1-4-16-14(17-7-10-21-8-5-6-9-21)18-11-13-12-22-15(19-13)20(2)3/h5-6,8-9,12H,4,7,10-11H2,1-3H3,(H2,16,17,18). The lowest BCUT2D eigenvalue weighted by Gasteiger charge is -2.11. The van der Waals surface area contributed by atoms with E-state index in [9.17, 15) is 0 Å². The molecule has 6 nitrogen and oxygen atoms in total. The fourth-order valence-corrected chi connectivity index (χ4v) is 2.65. The number of aliphatic imine (C=N–C) groups is 1. The molecule has 0 unspecified atom stereocenters. The van der Waals surface area contributed by atoms with Gasteiger partial charge in [-0.25, -0.2) is 9.98 Å². The number of anilines is 1. The van der Waals surface area contributed by atoms with Gasteiger partial charge >= 0.3 is 0 Å².